The van der Waals surface area contributed by atoms with Crippen LogP contribution in [0.4, 0.5) is 11.4 Å². The molecule has 0 saturated heterocycles. The molecule has 0 bridgehead atoms. The molecule has 1 aromatic heterocycles. The second-order valence-corrected chi connectivity index (χ2v) is 6.16. The summed E-state index contributed by atoms with van der Waals surface area (Å²) < 4.78 is 1.07. The minimum absolute atomic E-state index is 0.0885. The minimum atomic E-state index is -0.0885. The number of rotatable bonds is 5. The zero-order valence-electron chi connectivity index (χ0n) is 11.1. The zero-order valence-corrected chi connectivity index (χ0v) is 13.5. The molecule has 0 spiro atoms. The maximum Gasteiger partial charge on any atom is 0.251 e. The topological polar surface area (TPSA) is 67.2 Å². The first-order valence-corrected chi connectivity index (χ1v) is 7.92. The fraction of sp³-hybridized carbons (Fsp3) is 0.214. The molecule has 6 heteroatoms. The van der Waals surface area contributed by atoms with Crippen LogP contribution < -0.4 is 16.4 Å². The molecule has 2 aromatic rings. The Balaban J connectivity index is 2.10. The number of halogens is 1. The van der Waals surface area contributed by atoms with Gasteiger partial charge in [0.1, 0.15) is 0 Å². The third-order valence-corrected chi connectivity index (χ3v) is 4.43. The van der Waals surface area contributed by atoms with E-state index in [0.29, 0.717) is 24.3 Å². The Bertz CT molecular complexity index is 612. The van der Waals surface area contributed by atoms with Gasteiger partial charge < -0.3 is 16.4 Å². The van der Waals surface area contributed by atoms with Crippen LogP contribution in [0.3, 0.4) is 0 Å². The van der Waals surface area contributed by atoms with E-state index in [9.17, 15) is 4.79 Å². The Kier molecular flexibility index (Phi) is 5.03. The number of benzene rings is 1. The fourth-order valence-electron chi connectivity index (χ4n) is 1.74. The second kappa shape index (κ2) is 6.76. The third-order valence-electron chi connectivity index (χ3n) is 2.73. The predicted octanol–water partition coefficient (Wildman–Crippen LogP) is 3.45. The van der Waals surface area contributed by atoms with Gasteiger partial charge in [-0.1, -0.05) is 0 Å². The second-order valence-electron chi connectivity index (χ2n) is 4.25. The van der Waals surface area contributed by atoms with Gasteiger partial charge in [-0.3, -0.25) is 4.79 Å². The Morgan fingerprint density at radius 1 is 1.40 bits per heavy atom. The summed E-state index contributed by atoms with van der Waals surface area (Å²) in [6, 6.07) is 7.31. The van der Waals surface area contributed by atoms with Crippen LogP contribution in [-0.2, 0) is 6.54 Å². The number of nitrogens with two attached hydrogens (primary N) is 1. The highest BCUT2D eigenvalue weighted by molar-refractivity contribution is 9.10. The van der Waals surface area contributed by atoms with Crippen molar-refractivity contribution in [3.8, 4) is 0 Å². The monoisotopic (exact) mass is 353 g/mol. The summed E-state index contributed by atoms with van der Waals surface area (Å²) >= 11 is 5.09. The average Bonchev–Trinajstić information content (AvgIpc) is 2.84. The van der Waals surface area contributed by atoms with Gasteiger partial charge in [0.05, 0.1) is 11.4 Å². The molecule has 0 aliphatic rings. The van der Waals surface area contributed by atoms with E-state index >= 15 is 0 Å². The fourth-order valence-corrected chi connectivity index (χ4v) is 3.13. The molecule has 2 rings (SSSR count). The number of carbonyl (C=O) groups excluding carboxylic acids is 1. The molecule has 0 fully saturated rings. The lowest BCUT2D eigenvalue weighted by atomic mass is 10.1. The highest BCUT2D eigenvalue weighted by Crippen LogP contribution is 2.24. The van der Waals surface area contributed by atoms with Crippen LogP contribution in [-0.4, -0.2) is 12.5 Å². The molecule has 20 heavy (non-hydrogen) atoms. The molecule has 0 radical (unpaired) electrons. The van der Waals surface area contributed by atoms with Gasteiger partial charge >= 0.3 is 0 Å². The number of carbonyl (C=O) groups is 1. The molecule has 4 N–H and O–H groups in total. The summed E-state index contributed by atoms with van der Waals surface area (Å²) in [4.78, 5) is 13.0. The minimum Gasteiger partial charge on any atom is -0.397 e. The number of thiophene rings is 1. The first-order valence-electron chi connectivity index (χ1n) is 6.24. The predicted molar refractivity (Wildman–Crippen MR) is 88.2 cm³/mol. The Hall–Kier alpha value is -1.53. The van der Waals surface area contributed by atoms with Crippen molar-refractivity contribution in [1.82, 2.24) is 5.32 Å². The van der Waals surface area contributed by atoms with Crippen molar-refractivity contribution in [2.24, 2.45) is 0 Å². The van der Waals surface area contributed by atoms with Gasteiger partial charge in [-0.2, -0.15) is 0 Å². The van der Waals surface area contributed by atoms with Crippen LogP contribution in [0.1, 0.15) is 22.2 Å². The number of anilines is 2. The van der Waals surface area contributed by atoms with Crippen molar-refractivity contribution in [2.45, 2.75) is 13.5 Å². The largest absolute Gasteiger partial charge is 0.397 e. The van der Waals surface area contributed by atoms with Crippen molar-refractivity contribution < 1.29 is 4.79 Å². The summed E-state index contributed by atoms with van der Waals surface area (Å²) in [5, 5.41) is 8.07. The van der Waals surface area contributed by atoms with Crippen molar-refractivity contribution in [3.05, 3.63) is 44.6 Å². The summed E-state index contributed by atoms with van der Waals surface area (Å²) in [7, 11) is 0. The van der Waals surface area contributed by atoms with E-state index in [1.165, 1.54) is 4.88 Å². The molecule has 0 aliphatic heterocycles. The van der Waals surface area contributed by atoms with Crippen LogP contribution in [0.25, 0.3) is 0 Å². The van der Waals surface area contributed by atoms with E-state index in [1.54, 1.807) is 29.5 Å². The SMILES string of the molecule is CCNC(=O)c1ccc(N)c(NCc2cc(Br)cs2)c1. The number of nitrogens with one attached hydrogen (secondary N) is 2. The summed E-state index contributed by atoms with van der Waals surface area (Å²) in [6.07, 6.45) is 0. The van der Waals surface area contributed by atoms with Gasteiger partial charge in [-0.25, -0.2) is 0 Å². The van der Waals surface area contributed by atoms with Crippen LogP contribution in [0.2, 0.25) is 0 Å². The van der Waals surface area contributed by atoms with Gasteiger partial charge in [0.15, 0.2) is 0 Å². The molecule has 1 aromatic carbocycles. The average molecular weight is 354 g/mol. The van der Waals surface area contributed by atoms with E-state index in [-0.39, 0.29) is 5.91 Å². The number of nitrogen functional groups attached to an aromatic ring is 1. The quantitative estimate of drug-likeness (QED) is 0.721. The lowest BCUT2D eigenvalue weighted by molar-refractivity contribution is 0.0956. The van der Waals surface area contributed by atoms with E-state index in [0.717, 1.165) is 10.2 Å². The van der Waals surface area contributed by atoms with Crippen LogP contribution in [0, 0.1) is 0 Å². The highest BCUT2D eigenvalue weighted by atomic mass is 79.9. The van der Waals surface area contributed by atoms with E-state index in [1.807, 2.05) is 12.3 Å². The molecule has 0 saturated carbocycles. The van der Waals surface area contributed by atoms with Gasteiger partial charge in [0, 0.05) is 33.4 Å². The van der Waals surface area contributed by atoms with Gasteiger partial charge in [0.25, 0.3) is 5.91 Å². The van der Waals surface area contributed by atoms with E-state index in [4.69, 9.17) is 5.73 Å². The van der Waals surface area contributed by atoms with Crippen molar-refractivity contribution in [3.63, 3.8) is 0 Å². The molecule has 0 aliphatic carbocycles. The van der Waals surface area contributed by atoms with Crippen LogP contribution in [0.5, 0.6) is 0 Å². The normalized spacial score (nSPS) is 10.3. The first kappa shape index (κ1) is 14.9. The standard InChI is InChI=1S/C14H16BrN3OS/c1-2-17-14(19)9-3-4-12(16)13(5-9)18-7-11-6-10(15)8-20-11/h3-6,8,18H,2,7,16H2,1H3,(H,17,19). The maximum atomic E-state index is 11.8. The molecular weight excluding hydrogens is 338 g/mol. The maximum absolute atomic E-state index is 11.8. The van der Waals surface area contributed by atoms with Crippen molar-refractivity contribution in [1.29, 1.82) is 0 Å². The van der Waals surface area contributed by atoms with Crippen LogP contribution in [0.15, 0.2) is 34.1 Å². The number of amides is 1. The lowest BCUT2D eigenvalue weighted by Gasteiger charge is -2.10. The molecule has 106 valence electrons. The molecule has 4 nitrogen and oxygen atoms in total. The zero-order chi connectivity index (χ0) is 14.5. The number of hydrogen-bond acceptors (Lipinski definition) is 4. The molecule has 1 heterocycles. The van der Waals surface area contributed by atoms with Crippen molar-refractivity contribution in [2.75, 3.05) is 17.6 Å². The summed E-state index contributed by atoms with van der Waals surface area (Å²) in [5.74, 6) is -0.0885. The smallest absolute Gasteiger partial charge is 0.251 e. The van der Waals surface area contributed by atoms with Crippen molar-refractivity contribution >= 4 is 44.5 Å². The summed E-state index contributed by atoms with van der Waals surface area (Å²) in [6.45, 7) is 3.18. The highest BCUT2D eigenvalue weighted by Gasteiger charge is 2.08. The van der Waals surface area contributed by atoms with Crippen LogP contribution >= 0.6 is 27.3 Å². The Morgan fingerprint density at radius 2 is 2.20 bits per heavy atom. The van der Waals surface area contributed by atoms with Gasteiger partial charge in [-0.15, -0.1) is 11.3 Å². The number of hydrogen-bond donors (Lipinski definition) is 3. The molecule has 1 amide bonds. The molecule has 0 atom stereocenters. The van der Waals surface area contributed by atoms with Gasteiger partial charge in [-0.05, 0) is 47.1 Å². The molecular formula is C14H16BrN3OS. The Morgan fingerprint density at radius 3 is 2.85 bits per heavy atom. The lowest BCUT2D eigenvalue weighted by Crippen LogP contribution is -2.22. The van der Waals surface area contributed by atoms with Gasteiger partial charge in [0.2, 0.25) is 0 Å². The first-order chi connectivity index (χ1) is 9.60. The third kappa shape index (κ3) is 3.74. The van der Waals surface area contributed by atoms with E-state index < -0.39 is 0 Å². The molecule has 0 unspecified atom stereocenters. The summed E-state index contributed by atoms with van der Waals surface area (Å²) in [5.41, 5.74) is 7.95. The Labute approximate surface area is 130 Å². The van der Waals surface area contributed by atoms with E-state index in [2.05, 4.69) is 32.6 Å².